The van der Waals surface area contributed by atoms with Crippen LogP contribution in [0.15, 0.2) is 53.3 Å². The molecule has 0 aliphatic carbocycles. The zero-order valence-corrected chi connectivity index (χ0v) is 10.2. The van der Waals surface area contributed by atoms with Crippen molar-refractivity contribution in [2.75, 3.05) is 7.05 Å². The lowest BCUT2D eigenvalue weighted by atomic mass is 10.0. The van der Waals surface area contributed by atoms with Crippen molar-refractivity contribution in [2.45, 2.75) is 6.54 Å². The first-order valence-corrected chi connectivity index (χ1v) is 5.95. The molecule has 3 aromatic rings. The van der Waals surface area contributed by atoms with Gasteiger partial charge in [-0.2, -0.15) is 0 Å². The van der Waals surface area contributed by atoms with Gasteiger partial charge in [-0.1, -0.05) is 18.2 Å². The summed E-state index contributed by atoms with van der Waals surface area (Å²) in [5.74, 6) is 0.953. The Labute approximate surface area is 105 Å². The predicted octanol–water partition coefficient (Wildman–Crippen LogP) is 3.21. The van der Waals surface area contributed by atoms with Gasteiger partial charge in [-0.15, -0.1) is 0 Å². The van der Waals surface area contributed by atoms with Crippen LogP contribution >= 0.6 is 0 Å². The molecule has 3 rings (SSSR count). The van der Waals surface area contributed by atoms with Crippen LogP contribution in [0.25, 0.3) is 22.0 Å². The summed E-state index contributed by atoms with van der Waals surface area (Å²) in [6.45, 7) is 0.721. The van der Waals surface area contributed by atoms with Gasteiger partial charge in [0.25, 0.3) is 0 Å². The van der Waals surface area contributed by atoms with E-state index in [2.05, 4.69) is 22.4 Å². The highest BCUT2D eigenvalue weighted by Crippen LogP contribution is 2.30. The van der Waals surface area contributed by atoms with E-state index < -0.39 is 0 Å². The lowest BCUT2D eigenvalue weighted by molar-refractivity contribution is 0.497. The minimum absolute atomic E-state index is 0.721. The second-order valence-electron chi connectivity index (χ2n) is 4.16. The van der Waals surface area contributed by atoms with Gasteiger partial charge in [0.2, 0.25) is 0 Å². The lowest BCUT2D eigenvalue weighted by Gasteiger charge is -2.06. The van der Waals surface area contributed by atoms with Crippen molar-refractivity contribution >= 4 is 10.9 Å². The second-order valence-corrected chi connectivity index (χ2v) is 4.16. The quantitative estimate of drug-likeness (QED) is 0.761. The van der Waals surface area contributed by atoms with E-state index in [1.807, 2.05) is 37.5 Å². The maximum absolute atomic E-state index is 5.53. The minimum Gasteiger partial charge on any atom is -0.467 e. The topological polar surface area (TPSA) is 38.1 Å². The van der Waals surface area contributed by atoms with Crippen molar-refractivity contribution in [3.8, 4) is 11.1 Å². The summed E-state index contributed by atoms with van der Waals surface area (Å²) < 4.78 is 5.53. The number of benzene rings is 1. The van der Waals surface area contributed by atoms with Crippen molar-refractivity contribution < 1.29 is 4.42 Å². The Morgan fingerprint density at radius 3 is 2.94 bits per heavy atom. The van der Waals surface area contributed by atoms with Crippen molar-refractivity contribution in [2.24, 2.45) is 0 Å². The van der Waals surface area contributed by atoms with Gasteiger partial charge in [0.15, 0.2) is 0 Å². The molecule has 0 saturated carbocycles. The molecule has 0 bridgehead atoms. The third-order valence-corrected chi connectivity index (χ3v) is 3.02. The average Bonchev–Trinajstić information content (AvgIpc) is 2.87. The Kier molecular flexibility index (Phi) is 2.82. The Morgan fingerprint density at radius 1 is 1.11 bits per heavy atom. The highest BCUT2D eigenvalue weighted by Gasteiger charge is 2.10. The summed E-state index contributed by atoms with van der Waals surface area (Å²) in [5, 5.41) is 4.27. The number of hydrogen-bond acceptors (Lipinski definition) is 3. The maximum Gasteiger partial charge on any atom is 0.125 e. The molecule has 18 heavy (non-hydrogen) atoms. The van der Waals surface area contributed by atoms with E-state index in [-0.39, 0.29) is 0 Å². The third kappa shape index (κ3) is 1.79. The molecular weight excluding hydrogens is 224 g/mol. The molecule has 1 N–H and O–H groups in total. The highest BCUT2D eigenvalue weighted by molar-refractivity contribution is 5.94. The molecule has 3 heteroatoms. The number of aromatic nitrogens is 1. The maximum atomic E-state index is 5.53. The first-order chi connectivity index (χ1) is 8.90. The molecule has 0 aliphatic heterocycles. The Morgan fingerprint density at radius 2 is 2.06 bits per heavy atom. The molecule has 0 saturated heterocycles. The molecule has 2 heterocycles. The van der Waals surface area contributed by atoms with Crippen LogP contribution in [0.1, 0.15) is 5.76 Å². The second kappa shape index (κ2) is 4.63. The molecule has 0 unspecified atom stereocenters. The fourth-order valence-electron chi connectivity index (χ4n) is 2.22. The number of rotatable bonds is 3. The molecular formula is C15H14N2O. The Hall–Kier alpha value is -2.13. The number of fused-ring (bicyclic) bond motifs is 1. The van der Waals surface area contributed by atoms with E-state index in [4.69, 9.17) is 4.42 Å². The van der Waals surface area contributed by atoms with E-state index in [1.165, 1.54) is 5.56 Å². The van der Waals surface area contributed by atoms with Gasteiger partial charge in [-0.05, 0) is 30.8 Å². The first kappa shape index (κ1) is 11.0. The molecule has 1 aromatic carbocycles. The molecule has 0 spiro atoms. The Bertz CT molecular complexity index is 668. The zero-order chi connectivity index (χ0) is 12.4. The monoisotopic (exact) mass is 238 g/mol. The van der Waals surface area contributed by atoms with Gasteiger partial charge in [0.1, 0.15) is 5.76 Å². The van der Waals surface area contributed by atoms with Gasteiger partial charge in [0.05, 0.1) is 18.3 Å². The predicted molar refractivity (Wildman–Crippen MR) is 72.2 cm³/mol. The summed E-state index contributed by atoms with van der Waals surface area (Å²) in [4.78, 5) is 4.38. The van der Waals surface area contributed by atoms with Gasteiger partial charge in [-0.3, -0.25) is 4.98 Å². The van der Waals surface area contributed by atoms with E-state index in [0.29, 0.717) is 0 Å². The van der Waals surface area contributed by atoms with Crippen LogP contribution < -0.4 is 5.32 Å². The number of nitrogens with one attached hydrogen (secondary N) is 1. The van der Waals surface area contributed by atoms with Crippen LogP contribution in [0.4, 0.5) is 0 Å². The summed E-state index contributed by atoms with van der Waals surface area (Å²) in [5.41, 5.74) is 3.30. The van der Waals surface area contributed by atoms with Crippen molar-refractivity contribution in [3.05, 3.63) is 54.6 Å². The molecule has 2 aromatic heterocycles. The van der Waals surface area contributed by atoms with Crippen molar-refractivity contribution in [1.29, 1.82) is 0 Å². The molecule has 3 nitrogen and oxygen atoms in total. The van der Waals surface area contributed by atoms with Crippen LogP contribution in [0, 0.1) is 0 Å². The van der Waals surface area contributed by atoms with Gasteiger partial charge in [-0.25, -0.2) is 0 Å². The molecule has 0 fully saturated rings. The van der Waals surface area contributed by atoms with Gasteiger partial charge in [0, 0.05) is 17.1 Å². The van der Waals surface area contributed by atoms with Crippen LogP contribution in [0.3, 0.4) is 0 Å². The fourth-order valence-corrected chi connectivity index (χ4v) is 2.22. The highest BCUT2D eigenvalue weighted by atomic mass is 16.3. The number of hydrogen-bond donors (Lipinski definition) is 1. The largest absolute Gasteiger partial charge is 0.467 e. The van der Waals surface area contributed by atoms with Crippen molar-refractivity contribution in [3.63, 3.8) is 0 Å². The van der Waals surface area contributed by atoms with Crippen LogP contribution in [0.2, 0.25) is 0 Å². The van der Waals surface area contributed by atoms with Gasteiger partial charge >= 0.3 is 0 Å². The van der Waals surface area contributed by atoms with Crippen molar-refractivity contribution in [1.82, 2.24) is 10.3 Å². The van der Waals surface area contributed by atoms with Crippen LogP contribution in [-0.2, 0) is 6.54 Å². The van der Waals surface area contributed by atoms with E-state index >= 15 is 0 Å². The van der Waals surface area contributed by atoms with E-state index in [9.17, 15) is 0 Å². The first-order valence-electron chi connectivity index (χ1n) is 5.95. The van der Waals surface area contributed by atoms with Gasteiger partial charge < -0.3 is 9.73 Å². The summed E-state index contributed by atoms with van der Waals surface area (Å²) >= 11 is 0. The lowest BCUT2D eigenvalue weighted by Crippen LogP contribution is -2.04. The molecule has 0 amide bonds. The molecule has 0 atom stereocenters. The Balaban J connectivity index is 2.22. The SMILES string of the molecule is CNCc1occc1-c1cccc2ncccc12. The third-order valence-electron chi connectivity index (χ3n) is 3.02. The summed E-state index contributed by atoms with van der Waals surface area (Å²) in [7, 11) is 1.91. The van der Waals surface area contributed by atoms with E-state index in [0.717, 1.165) is 28.8 Å². The van der Waals surface area contributed by atoms with Crippen LogP contribution in [-0.4, -0.2) is 12.0 Å². The summed E-state index contributed by atoms with van der Waals surface area (Å²) in [6.07, 6.45) is 3.55. The number of nitrogens with zero attached hydrogens (tertiary/aromatic N) is 1. The molecule has 0 radical (unpaired) electrons. The number of furan rings is 1. The smallest absolute Gasteiger partial charge is 0.125 e. The van der Waals surface area contributed by atoms with E-state index in [1.54, 1.807) is 6.26 Å². The van der Waals surface area contributed by atoms with Crippen LogP contribution in [0.5, 0.6) is 0 Å². The molecule has 90 valence electrons. The minimum atomic E-state index is 0.721. The summed E-state index contributed by atoms with van der Waals surface area (Å²) in [6, 6.07) is 12.2. The normalized spacial score (nSPS) is 10.9. The standard InChI is InChI=1S/C15H14N2O/c1-16-10-15-13(7-9-18-15)11-4-2-6-14-12(11)5-3-8-17-14/h2-9,16H,10H2,1H3. The number of pyridine rings is 1. The zero-order valence-electron chi connectivity index (χ0n) is 10.2. The average molecular weight is 238 g/mol. The fraction of sp³-hybridized carbons (Fsp3) is 0.133. The molecule has 0 aliphatic rings.